The number of aromatic nitrogens is 1. The number of H-pyrrole nitrogens is 1. The smallest absolute Gasteiger partial charge is 0.248 e. The first kappa shape index (κ1) is 8.35. The molecule has 1 aliphatic heterocycles. The molecule has 0 radical (unpaired) electrons. The van der Waals surface area contributed by atoms with Gasteiger partial charge in [0, 0.05) is 25.4 Å². The Morgan fingerprint density at radius 1 is 1.54 bits per heavy atom. The van der Waals surface area contributed by atoms with Gasteiger partial charge in [0.15, 0.2) is 0 Å². The van der Waals surface area contributed by atoms with Gasteiger partial charge in [0.1, 0.15) is 0 Å². The van der Waals surface area contributed by atoms with Gasteiger partial charge in [-0.15, -0.1) is 0 Å². The highest BCUT2D eigenvalue weighted by molar-refractivity contribution is 5.44. The van der Waals surface area contributed by atoms with E-state index in [-0.39, 0.29) is 5.56 Å². The molecule has 3 nitrogen and oxygen atoms in total. The third-order valence-corrected chi connectivity index (χ3v) is 2.56. The summed E-state index contributed by atoms with van der Waals surface area (Å²) in [7, 11) is 0. The van der Waals surface area contributed by atoms with Crippen LogP contribution in [0.25, 0.3) is 0 Å². The van der Waals surface area contributed by atoms with Crippen LogP contribution in [-0.2, 0) is 0 Å². The van der Waals surface area contributed by atoms with E-state index in [1.54, 1.807) is 12.3 Å². The molecule has 1 atom stereocenters. The van der Waals surface area contributed by atoms with Crippen molar-refractivity contribution in [1.82, 2.24) is 4.98 Å². The molecule has 13 heavy (non-hydrogen) atoms. The van der Waals surface area contributed by atoms with Gasteiger partial charge in [0.2, 0.25) is 5.56 Å². The number of hydrogen-bond donors (Lipinski definition) is 1. The van der Waals surface area contributed by atoms with Crippen molar-refractivity contribution < 1.29 is 0 Å². The molecular formula is C10H14N2O. The van der Waals surface area contributed by atoms with Crippen LogP contribution in [0.3, 0.4) is 0 Å². The molecule has 1 aromatic rings. The summed E-state index contributed by atoms with van der Waals surface area (Å²) in [5.41, 5.74) is 1.10. The number of nitrogens with one attached hydrogen (secondary N) is 1. The van der Waals surface area contributed by atoms with Gasteiger partial charge in [-0.25, -0.2) is 0 Å². The molecule has 2 rings (SSSR count). The predicted molar refractivity (Wildman–Crippen MR) is 53.1 cm³/mol. The second-order valence-electron chi connectivity index (χ2n) is 3.75. The second kappa shape index (κ2) is 3.24. The number of rotatable bonds is 1. The molecule has 0 unspecified atom stereocenters. The van der Waals surface area contributed by atoms with E-state index in [1.165, 1.54) is 6.42 Å². The maximum Gasteiger partial charge on any atom is 0.248 e. The normalized spacial score (nSPS) is 22.2. The van der Waals surface area contributed by atoms with Crippen LogP contribution >= 0.6 is 0 Å². The summed E-state index contributed by atoms with van der Waals surface area (Å²) in [6, 6.07) is 3.47. The van der Waals surface area contributed by atoms with E-state index in [4.69, 9.17) is 0 Å². The van der Waals surface area contributed by atoms with E-state index in [9.17, 15) is 4.79 Å². The number of anilines is 1. The van der Waals surface area contributed by atoms with Gasteiger partial charge in [0.05, 0.1) is 5.69 Å². The summed E-state index contributed by atoms with van der Waals surface area (Å²) < 4.78 is 0. The fourth-order valence-electron chi connectivity index (χ4n) is 1.77. The first-order valence-corrected chi connectivity index (χ1v) is 4.69. The second-order valence-corrected chi connectivity index (χ2v) is 3.75. The molecule has 1 fully saturated rings. The van der Waals surface area contributed by atoms with E-state index < -0.39 is 0 Å². The van der Waals surface area contributed by atoms with Crippen molar-refractivity contribution in [1.29, 1.82) is 0 Å². The van der Waals surface area contributed by atoms with Crippen LogP contribution in [0.15, 0.2) is 23.1 Å². The molecule has 0 amide bonds. The van der Waals surface area contributed by atoms with E-state index in [0.29, 0.717) is 0 Å². The average Bonchev–Trinajstić information content (AvgIpc) is 2.53. The molecule has 0 bridgehead atoms. The maximum absolute atomic E-state index is 10.8. The number of nitrogens with zero attached hydrogens (tertiary/aromatic N) is 1. The lowest BCUT2D eigenvalue weighted by Crippen LogP contribution is -2.20. The Morgan fingerprint density at radius 3 is 2.92 bits per heavy atom. The van der Waals surface area contributed by atoms with Crippen molar-refractivity contribution in [2.45, 2.75) is 13.3 Å². The summed E-state index contributed by atoms with van der Waals surface area (Å²) in [5.74, 6) is 0.770. The number of aromatic amines is 1. The first-order valence-electron chi connectivity index (χ1n) is 4.69. The Hall–Kier alpha value is -1.25. The molecule has 0 saturated carbocycles. The SMILES string of the molecule is C[C@H]1CCN(c2ccc(=O)[nH]c2)C1. The molecular weight excluding hydrogens is 164 g/mol. The molecule has 1 aromatic heterocycles. The van der Waals surface area contributed by atoms with Crippen LogP contribution in [-0.4, -0.2) is 18.1 Å². The first-order chi connectivity index (χ1) is 6.25. The van der Waals surface area contributed by atoms with E-state index in [1.807, 2.05) is 6.07 Å². The van der Waals surface area contributed by atoms with Crippen LogP contribution in [0.2, 0.25) is 0 Å². The highest BCUT2D eigenvalue weighted by Crippen LogP contribution is 2.21. The monoisotopic (exact) mass is 178 g/mol. The van der Waals surface area contributed by atoms with Crippen molar-refractivity contribution in [3.05, 3.63) is 28.7 Å². The molecule has 3 heteroatoms. The Kier molecular flexibility index (Phi) is 2.08. The molecule has 1 saturated heterocycles. The summed E-state index contributed by atoms with van der Waals surface area (Å²) in [5, 5.41) is 0. The fourth-order valence-corrected chi connectivity index (χ4v) is 1.77. The highest BCUT2D eigenvalue weighted by Gasteiger charge is 2.18. The maximum atomic E-state index is 10.8. The third-order valence-electron chi connectivity index (χ3n) is 2.56. The Morgan fingerprint density at radius 2 is 2.38 bits per heavy atom. The van der Waals surface area contributed by atoms with Gasteiger partial charge in [-0.3, -0.25) is 4.79 Å². The lowest BCUT2D eigenvalue weighted by atomic mass is 10.2. The van der Waals surface area contributed by atoms with Crippen LogP contribution in [0.5, 0.6) is 0 Å². The summed E-state index contributed by atoms with van der Waals surface area (Å²) in [6.45, 7) is 4.46. The number of pyridine rings is 1. The van der Waals surface area contributed by atoms with Gasteiger partial charge in [-0.1, -0.05) is 6.92 Å². The summed E-state index contributed by atoms with van der Waals surface area (Å²) in [6.07, 6.45) is 3.04. The Labute approximate surface area is 77.4 Å². The van der Waals surface area contributed by atoms with Gasteiger partial charge < -0.3 is 9.88 Å². The van der Waals surface area contributed by atoms with E-state index in [0.717, 1.165) is 24.7 Å². The van der Waals surface area contributed by atoms with Crippen LogP contribution in [0.4, 0.5) is 5.69 Å². The third kappa shape index (κ3) is 1.74. The average molecular weight is 178 g/mol. The van der Waals surface area contributed by atoms with Crippen molar-refractivity contribution in [3.8, 4) is 0 Å². The lowest BCUT2D eigenvalue weighted by Gasteiger charge is -2.17. The summed E-state index contributed by atoms with van der Waals surface area (Å²) >= 11 is 0. The minimum atomic E-state index is -0.0315. The van der Waals surface area contributed by atoms with E-state index >= 15 is 0 Å². The van der Waals surface area contributed by atoms with Gasteiger partial charge in [0.25, 0.3) is 0 Å². The number of hydrogen-bond acceptors (Lipinski definition) is 2. The Bertz CT molecular complexity index is 325. The van der Waals surface area contributed by atoms with Crippen LogP contribution in [0.1, 0.15) is 13.3 Å². The minimum absolute atomic E-state index is 0.0315. The predicted octanol–water partition coefficient (Wildman–Crippen LogP) is 1.22. The molecule has 0 aliphatic carbocycles. The zero-order valence-electron chi connectivity index (χ0n) is 7.79. The van der Waals surface area contributed by atoms with Crippen molar-refractivity contribution in [2.24, 2.45) is 5.92 Å². The quantitative estimate of drug-likeness (QED) is 0.702. The molecule has 1 aliphatic rings. The van der Waals surface area contributed by atoms with Crippen molar-refractivity contribution in [2.75, 3.05) is 18.0 Å². The molecule has 70 valence electrons. The van der Waals surface area contributed by atoms with Crippen molar-refractivity contribution in [3.63, 3.8) is 0 Å². The molecule has 1 N–H and O–H groups in total. The van der Waals surface area contributed by atoms with Gasteiger partial charge in [-0.2, -0.15) is 0 Å². The molecule has 2 heterocycles. The molecule has 0 spiro atoms. The fraction of sp³-hybridized carbons (Fsp3) is 0.500. The van der Waals surface area contributed by atoms with Gasteiger partial charge >= 0.3 is 0 Å². The largest absolute Gasteiger partial charge is 0.370 e. The highest BCUT2D eigenvalue weighted by atomic mass is 16.1. The molecule has 0 aromatic carbocycles. The van der Waals surface area contributed by atoms with E-state index in [2.05, 4.69) is 16.8 Å². The summed E-state index contributed by atoms with van der Waals surface area (Å²) in [4.78, 5) is 15.8. The zero-order chi connectivity index (χ0) is 9.26. The van der Waals surface area contributed by atoms with Crippen LogP contribution < -0.4 is 10.5 Å². The van der Waals surface area contributed by atoms with Gasteiger partial charge in [-0.05, 0) is 18.4 Å². The Balaban J connectivity index is 2.17. The standard InChI is InChI=1S/C10H14N2O/c1-8-4-5-12(7-8)9-2-3-10(13)11-6-9/h2-3,6,8H,4-5,7H2,1H3,(H,11,13)/t8-/m0/s1. The minimum Gasteiger partial charge on any atom is -0.370 e. The van der Waals surface area contributed by atoms with Crippen LogP contribution in [0, 0.1) is 5.92 Å². The zero-order valence-corrected chi connectivity index (χ0v) is 7.79. The topological polar surface area (TPSA) is 36.1 Å². The lowest BCUT2D eigenvalue weighted by molar-refractivity contribution is 0.659. The van der Waals surface area contributed by atoms with Crippen molar-refractivity contribution >= 4 is 5.69 Å².